The highest BCUT2D eigenvalue weighted by Crippen LogP contribution is 2.13. The summed E-state index contributed by atoms with van der Waals surface area (Å²) in [6.45, 7) is 2.29. The second-order valence-electron chi connectivity index (χ2n) is 4.71. The number of hydrogen-bond acceptors (Lipinski definition) is 5. The standard InChI is InChI=1S/C16H22N2O5/c1-3-14(19)12-4-6-13(7-5-12)23-11-16(21)18-10-15(20)17-8-9-22-2/h4-7H,3,8-11H2,1-2H3,(H,17,20)(H,18,21). The Morgan fingerprint density at radius 2 is 1.74 bits per heavy atom. The molecule has 0 saturated heterocycles. The lowest BCUT2D eigenvalue weighted by Gasteiger charge is -2.08. The minimum atomic E-state index is -0.402. The lowest BCUT2D eigenvalue weighted by atomic mass is 10.1. The number of methoxy groups -OCH3 is 1. The summed E-state index contributed by atoms with van der Waals surface area (Å²) in [5, 5.41) is 5.03. The topological polar surface area (TPSA) is 93.7 Å². The van der Waals surface area contributed by atoms with Gasteiger partial charge in [0.05, 0.1) is 13.2 Å². The number of carbonyl (C=O) groups excluding carboxylic acids is 3. The highest BCUT2D eigenvalue weighted by atomic mass is 16.5. The molecule has 0 heterocycles. The molecule has 7 nitrogen and oxygen atoms in total. The normalized spacial score (nSPS) is 10.0. The summed E-state index contributed by atoms with van der Waals surface area (Å²) >= 11 is 0. The monoisotopic (exact) mass is 322 g/mol. The smallest absolute Gasteiger partial charge is 0.258 e. The van der Waals surface area contributed by atoms with Gasteiger partial charge in [-0.3, -0.25) is 14.4 Å². The maximum atomic E-state index is 11.6. The Morgan fingerprint density at radius 3 is 2.35 bits per heavy atom. The van der Waals surface area contributed by atoms with Gasteiger partial charge in [-0.05, 0) is 24.3 Å². The van der Waals surface area contributed by atoms with Gasteiger partial charge in [0.25, 0.3) is 5.91 Å². The summed E-state index contributed by atoms with van der Waals surface area (Å²) in [7, 11) is 1.54. The number of hydrogen-bond donors (Lipinski definition) is 2. The fraction of sp³-hybridized carbons (Fsp3) is 0.438. The summed E-state index contributed by atoms with van der Waals surface area (Å²) in [5.74, 6) is -0.162. The first-order chi connectivity index (χ1) is 11.1. The van der Waals surface area contributed by atoms with E-state index in [0.29, 0.717) is 30.9 Å². The molecule has 1 aromatic rings. The maximum Gasteiger partial charge on any atom is 0.258 e. The second-order valence-corrected chi connectivity index (χ2v) is 4.71. The lowest BCUT2D eigenvalue weighted by Crippen LogP contribution is -2.39. The van der Waals surface area contributed by atoms with Crippen molar-refractivity contribution in [3.63, 3.8) is 0 Å². The molecule has 2 amide bonds. The van der Waals surface area contributed by atoms with E-state index in [9.17, 15) is 14.4 Å². The van der Waals surface area contributed by atoms with Crippen LogP contribution in [0.15, 0.2) is 24.3 Å². The van der Waals surface area contributed by atoms with Crippen LogP contribution in [0.3, 0.4) is 0 Å². The number of nitrogens with one attached hydrogen (secondary N) is 2. The van der Waals surface area contributed by atoms with Crippen molar-refractivity contribution >= 4 is 17.6 Å². The summed E-state index contributed by atoms with van der Waals surface area (Å²) in [6, 6.07) is 6.58. The Hall–Kier alpha value is -2.41. The van der Waals surface area contributed by atoms with Crippen LogP contribution in [-0.4, -0.2) is 51.0 Å². The van der Waals surface area contributed by atoms with E-state index in [1.165, 1.54) is 7.11 Å². The molecule has 126 valence electrons. The molecule has 0 bridgehead atoms. The van der Waals surface area contributed by atoms with Gasteiger partial charge in [-0.25, -0.2) is 0 Å². The van der Waals surface area contributed by atoms with Crippen LogP contribution in [0.2, 0.25) is 0 Å². The molecule has 0 fully saturated rings. The third-order valence-electron chi connectivity index (χ3n) is 2.94. The maximum absolute atomic E-state index is 11.6. The van der Waals surface area contributed by atoms with Crippen LogP contribution >= 0.6 is 0 Å². The Labute approximate surface area is 135 Å². The highest BCUT2D eigenvalue weighted by Gasteiger charge is 2.07. The molecule has 0 spiro atoms. The fourth-order valence-electron chi connectivity index (χ4n) is 1.67. The van der Waals surface area contributed by atoms with Gasteiger partial charge in [-0.2, -0.15) is 0 Å². The first kappa shape index (κ1) is 18.6. The van der Waals surface area contributed by atoms with Gasteiger partial charge in [0.15, 0.2) is 12.4 Å². The molecule has 0 atom stereocenters. The SMILES string of the molecule is CCC(=O)c1ccc(OCC(=O)NCC(=O)NCCOC)cc1. The Bertz CT molecular complexity index is 528. The fourth-order valence-corrected chi connectivity index (χ4v) is 1.67. The van der Waals surface area contributed by atoms with Crippen LogP contribution in [0, 0.1) is 0 Å². The summed E-state index contributed by atoms with van der Waals surface area (Å²) < 4.78 is 10.1. The molecule has 2 N–H and O–H groups in total. The molecule has 23 heavy (non-hydrogen) atoms. The predicted molar refractivity (Wildman–Crippen MR) is 84.5 cm³/mol. The van der Waals surface area contributed by atoms with E-state index < -0.39 is 5.91 Å². The first-order valence-corrected chi connectivity index (χ1v) is 7.35. The molecule has 0 aliphatic heterocycles. The Balaban J connectivity index is 2.27. The van der Waals surface area contributed by atoms with E-state index in [2.05, 4.69) is 10.6 Å². The van der Waals surface area contributed by atoms with Crippen molar-refractivity contribution < 1.29 is 23.9 Å². The zero-order valence-electron chi connectivity index (χ0n) is 13.4. The van der Waals surface area contributed by atoms with Gasteiger partial charge in [-0.1, -0.05) is 6.92 Å². The van der Waals surface area contributed by atoms with Gasteiger partial charge in [0.2, 0.25) is 5.91 Å². The first-order valence-electron chi connectivity index (χ1n) is 7.35. The van der Waals surface area contributed by atoms with Crippen LogP contribution in [0.1, 0.15) is 23.7 Å². The zero-order valence-corrected chi connectivity index (χ0v) is 13.4. The van der Waals surface area contributed by atoms with Crippen molar-refractivity contribution in [3.05, 3.63) is 29.8 Å². The van der Waals surface area contributed by atoms with E-state index >= 15 is 0 Å². The molecular weight excluding hydrogens is 300 g/mol. The van der Waals surface area contributed by atoms with Gasteiger partial charge in [-0.15, -0.1) is 0 Å². The van der Waals surface area contributed by atoms with E-state index in [-0.39, 0.29) is 24.8 Å². The van der Waals surface area contributed by atoms with E-state index in [1.807, 2.05) is 0 Å². The van der Waals surface area contributed by atoms with Crippen LogP contribution in [0.25, 0.3) is 0 Å². The summed E-state index contributed by atoms with van der Waals surface area (Å²) in [4.78, 5) is 34.4. The van der Waals surface area contributed by atoms with Crippen LogP contribution in [-0.2, 0) is 14.3 Å². The molecule has 0 radical (unpaired) electrons. The molecule has 1 rings (SSSR count). The Kier molecular flexibility index (Phi) is 8.38. The zero-order chi connectivity index (χ0) is 17.1. The lowest BCUT2D eigenvalue weighted by molar-refractivity contribution is -0.127. The molecule has 0 saturated carbocycles. The molecule has 0 unspecified atom stereocenters. The van der Waals surface area contributed by atoms with E-state index in [0.717, 1.165) is 0 Å². The average molecular weight is 322 g/mol. The third-order valence-corrected chi connectivity index (χ3v) is 2.94. The minimum absolute atomic E-state index is 0.0498. The van der Waals surface area contributed by atoms with Crippen LogP contribution in [0.5, 0.6) is 5.75 Å². The number of benzene rings is 1. The number of amides is 2. The molecule has 0 aromatic heterocycles. The van der Waals surface area contributed by atoms with Crippen LogP contribution < -0.4 is 15.4 Å². The average Bonchev–Trinajstić information content (AvgIpc) is 2.58. The van der Waals surface area contributed by atoms with Crippen molar-refractivity contribution in [2.45, 2.75) is 13.3 Å². The third kappa shape index (κ3) is 7.42. The number of ketones is 1. The molecule has 7 heteroatoms. The van der Waals surface area contributed by atoms with Crippen molar-refractivity contribution in [2.75, 3.05) is 33.4 Å². The molecule has 0 aliphatic rings. The number of ether oxygens (including phenoxy) is 2. The second kappa shape index (κ2) is 10.3. The highest BCUT2D eigenvalue weighted by molar-refractivity contribution is 5.95. The minimum Gasteiger partial charge on any atom is -0.484 e. The van der Waals surface area contributed by atoms with Gasteiger partial charge < -0.3 is 20.1 Å². The molecular formula is C16H22N2O5. The predicted octanol–water partition coefficient (Wildman–Crippen LogP) is 0.537. The van der Waals surface area contributed by atoms with Crippen molar-refractivity contribution in [2.24, 2.45) is 0 Å². The van der Waals surface area contributed by atoms with E-state index in [4.69, 9.17) is 9.47 Å². The van der Waals surface area contributed by atoms with E-state index in [1.54, 1.807) is 31.2 Å². The van der Waals surface area contributed by atoms with Crippen molar-refractivity contribution in [1.82, 2.24) is 10.6 Å². The van der Waals surface area contributed by atoms with Gasteiger partial charge in [0.1, 0.15) is 5.75 Å². The summed E-state index contributed by atoms with van der Waals surface area (Å²) in [6.07, 6.45) is 0.440. The molecule has 0 aliphatic carbocycles. The number of rotatable bonds is 10. The van der Waals surface area contributed by atoms with Crippen molar-refractivity contribution in [3.8, 4) is 5.75 Å². The van der Waals surface area contributed by atoms with Crippen LogP contribution in [0.4, 0.5) is 0 Å². The number of Topliss-reactive ketones (excluding diaryl/α,β-unsaturated/α-hetero) is 1. The van der Waals surface area contributed by atoms with Crippen molar-refractivity contribution in [1.29, 1.82) is 0 Å². The number of carbonyl (C=O) groups is 3. The van der Waals surface area contributed by atoms with Gasteiger partial charge >= 0.3 is 0 Å². The van der Waals surface area contributed by atoms with Gasteiger partial charge in [0, 0.05) is 25.6 Å². The quantitative estimate of drug-likeness (QED) is 0.484. The Morgan fingerprint density at radius 1 is 1.04 bits per heavy atom. The largest absolute Gasteiger partial charge is 0.484 e. The summed E-state index contributed by atoms with van der Waals surface area (Å²) in [5.41, 5.74) is 0.608. The molecule has 1 aromatic carbocycles.